The van der Waals surface area contributed by atoms with Crippen LogP contribution in [0.5, 0.6) is 0 Å². The predicted octanol–water partition coefficient (Wildman–Crippen LogP) is 1.18. The first kappa shape index (κ1) is 10.0. The van der Waals surface area contributed by atoms with Gasteiger partial charge in [-0.25, -0.2) is 0 Å². The number of hydrogen-bond acceptors (Lipinski definition) is 2. The molecule has 0 amide bonds. The molecule has 1 fully saturated rings. The van der Waals surface area contributed by atoms with E-state index in [4.69, 9.17) is 0 Å². The molecular formula is C10H22N2. The fourth-order valence-electron chi connectivity index (χ4n) is 1.77. The normalized spacial score (nSPS) is 25.5. The van der Waals surface area contributed by atoms with Gasteiger partial charge in [0.25, 0.3) is 0 Å². The van der Waals surface area contributed by atoms with Crippen LogP contribution in [0.3, 0.4) is 0 Å². The first-order valence-electron chi connectivity index (χ1n) is 5.07. The zero-order valence-corrected chi connectivity index (χ0v) is 8.64. The number of nitrogens with zero attached hydrogens (tertiary/aromatic N) is 1. The maximum absolute atomic E-state index is 3.52. The summed E-state index contributed by atoms with van der Waals surface area (Å²) in [6.45, 7) is 9.46. The quantitative estimate of drug-likeness (QED) is 0.681. The van der Waals surface area contributed by atoms with Gasteiger partial charge in [-0.1, -0.05) is 13.8 Å². The molecule has 0 aromatic heterocycles. The second kappa shape index (κ2) is 4.83. The van der Waals surface area contributed by atoms with Gasteiger partial charge >= 0.3 is 0 Å². The van der Waals surface area contributed by atoms with Gasteiger partial charge in [-0.05, 0) is 44.9 Å². The van der Waals surface area contributed by atoms with Crippen LogP contribution in [0.4, 0.5) is 0 Å². The summed E-state index contributed by atoms with van der Waals surface area (Å²) >= 11 is 0. The minimum absolute atomic E-state index is 0.782. The Morgan fingerprint density at radius 3 is 2.75 bits per heavy atom. The molecule has 1 saturated heterocycles. The monoisotopic (exact) mass is 170 g/mol. The van der Waals surface area contributed by atoms with E-state index < -0.39 is 0 Å². The summed E-state index contributed by atoms with van der Waals surface area (Å²) in [6, 6.07) is 0. The van der Waals surface area contributed by atoms with Crippen LogP contribution in [0.2, 0.25) is 0 Å². The molecule has 1 aliphatic heterocycles. The molecule has 0 aromatic carbocycles. The van der Waals surface area contributed by atoms with Crippen LogP contribution in [-0.4, -0.2) is 38.1 Å². The van der Waals surface area contributed by atoms with Crippen molar-refractivity contribution >= 4 is 0 Å². The molecule has 1 N–H and O–H groups in total. The lowest BCUT2D eigenvalue weighted by molar-refractivity contribution is 0.384. The van der Waals surface area contributed by atoms with Crippen LogP contribution in [0, 0.1) is 11.8 Å². The standard InChI is InChI=1S/C10H22N2/c1-9(2)6-11-7-10-4-5-12(3)8-10/h9-11H,4-8H2,1-3H3/t10-/m1/s1. The van der Waals surface area contributed by atoms with Crippen molar-refractivity contribution in [1.29, 1.82) is 0 Å². The lowest BCUT2D eigenvalue weighted by atomic mass is 10.1. The average Bonchev–Trinajstić information content (AvgIpc) is 2.35. The first-order valence-corrected chi connectivity index (χ1v) is 5.07. The highest BCUT2D eigenvalue weighted by molar-refractivity contribution is 4.74. The molecular weight excluding hydrogens is 148 g/mol. The van der Waals surface area contributed by atoms with Gasteiger partial charge in [-0.2, -0.15) is 0 Å². The van der Waals surface area contributed by atoms with E-state index in [1.54, 1.807) is 0 Å². The topological polar surface area (TPSA) is 15.3 Å². The molecule has 0 spiro atoms. The summed E-state index contributed by atoms with van der Waals surface area (Å²) in [7, 11) is 2.21. The molecule has 0 bridgehead atoms. The highest BCUT2D eigenvalue weighted by Crippen LogP contribution is 2.12. The Morgan fingerprint density at radius 2 is 2.25 bits per heavy atom. The van der Waals surface area contributed by atoms with Gasteiger partial charge in [0.2, 0.25) is 0 Å². The smallest absolute Gasteiger partial charge is 0.00192 e. The number of hydrogen-bond donors (Lipinski definition) is 1. The van der Waals surface area contributed by atoms with E-state index in [-0.39, 0.29) is 0 Å². The van der Waals surface area contributed by atoms with Gasteiger partial charge in [0, 0.05) is 6.54 Å². The fraction of sp³-hybridized carbons (Fsp3) is 1.00. The van der Waals surface area contributed by atoms with E-state index in [0.29, 0.717) is 0 Å². The summed E-state index contributed by atoms with van der Waals surface area (Å²) in [6.07, 6.45) is 1.38. The highest BCUT2D eigenvalue weighted by atomic mass is 15.1. The van der Waals surface area contributed by atoms with Crippen LogP contribution in [0.15, 0.2) is 0 Å². The third kappa shape index (κ3) is 3.55. The van der Waals surface area contributed by atoms with E-state index >= 15 is 0 Å². The minimum Gasteiger partial charge on any atom is -0.316 e. The molecule has 72 valence electrons. The zero-order chi connectivity index (χ0) is 8.97. The summed E-state index contributed by atoms with van der Waals surface area (Å²) in [5, 5.41) is 3.52. The summed E-state index contributed by atoms with van der Waals surface area (Å²) in [4.78, 5) is 2.42. The average molecular weight is 170 g/mol. The highest BCUT2D eigenvalue weighted by Gasteiger charge is 2.18. The fourth-order valence-corrected chi connectivity index (χ4v) is 1.77. The Bertz CT molecular complexity index is 123. The van der Waals surface area contributed by atoms with Crippen LogP contribution in [0.25, 0.3) is 0 Å². The van der Waals surface area contributed by atoms with Crippen molar-refractivity contribution < 1.29 is 0 Å². The Labute approximate surface area is 76.3 Å². The molecule has 1 atom stereocenters. The Balaban J connectivity index is 2.00. The zero-order valence-electron chi connectivity index (χ0n) is 8.64. The predicted molar refractivity (Wildman–Crippen MR) is 53.3 cm³/mol. The third-order valence-electron chi connectivity index (χ3n) is 2.47. The van der Waals surface area contributed by atoms with Crippen molar-refractivity contribution in [2.45, 2.75) is 20.3 Å². The Kier molecular flexibility index (Phi) is 4.02. The molecule has 1 rings (SSSR count). The SMILES string of the molecule is CC(C)CNC[C@H]1CCN(C)C1. The molecule has 2 heteroatoms. The van der Waals surface area contributed by atoms with Crippen molar-refractivity contribution in [3.63, 3.8) is 0 Å². The molecule has 1 heterocycles. The maximum Gasteiger partial charge on any atom is 0.00192 e. The lowest BCUT2D eigenvalue weighted by Gasteiger charge is -2.12. The molecule has 0 aromatic rings. The number of rotatable bonds is 4. The van der Waals surface area contributed by atoms with Gasteiger partial charge in [0.05, 0.1) is 0 Å². The van der Waals surface area contributed by atoms with Crippen molar-refractivity contribution in [3.8, 4) is 0 Å². The molecule has 0 radical (unpaired) electrons. The van der Waals surface area contributed by atoms with Crippen LogP contribution in [0.1, 0.15) is 20.3 Å². The van der Waals surface area contributed by atoms with Gasteiger partial charge in [0.15, 0.2) is 0 Å². The first-order chi connectivity index (χ1) is 5.68. The van der Waals surface area contributed by atoms with E-state index in [1.165, 1.54) is 32.6 Å². The lowest BCUT2D eigenvalue weighted by Crippen LogP contribution is -2.27. The second-order valence-electron chi connectivity index (χ2n) is 4.47. The van der Waals surface area contributed by atoms with E-state index in [1.807, 2.05) is 0 Å². The van der Waals surface area contributed by atoms with Crippen molar-refractivity contribution in [2.75, 3.05) is 33.2 Å². The van der Waals surface area contributed by atoms with E-state index in [9.17, 15) is 0 Å². The van der Waals surface area contributed by atoms with Crippen molar-refractivity contribution in [2.24, 2.45) is 11.8 Å². The minimum atomic E-state index is 0.782. The van der Waals surface area contributed by atoms with Gasteiger partial charge in [-0.15, -0.1) is 0 Å². The molecule has 0 aliphatic carbocycles. The van der Waals surface area contributed by atoms with Gasteiger partial charge < -0.3 is 10.2 Å². The number of nitrogens with one attached hydrogen (secondary N) is 1. The molecule has 0 unspecified atom stereocenters. The van der Waals surface area contributed by atoms with Crippen molar-refractivity contribution in [3.05, 3.63) is 0 Å². The molecule has 0 saturated carbocycles. The van der Waals surface area contributed by atoms with E-state index in [2.05, 4.69) is 31.1 Å². The van der Waals surface area contributed by atoms with Gasteiger partial charge in [0.1, 0.15) is 0 Å². The van der Waals surface area contributed by atoms with Crippen LogP contribution >= 0.6 is 0 Å². The van der Waals surface area contributed by atoms with Gasteiger partial charge in [-0.3, -0.25) is 0 Å². The van der Waals surface area contributed by atoms with Crippen LogP contribution in [-0.2, 0) is 0 Å². The molecule has 2 nitrogen and oxygen atoms in total. The maximum atomic E-state index is 3.52. The molecule has 12 heavy (non-hydrogen) atoms. The van der Waals surface area contributed by atoms with E-state index in [0.717, 1.165) is 11.8 Å². The third-order valence-corrected chi connectivity index (χ3v) is 2.47. The second-order valence-corrected chi connectivity index (χ2v) is 4.47. The Hall–Kier alpha value is -0.0800. The summed E-state index contributed by atoms with van der Waals surface area (Å²) in [5.74, 6) is 1.68. The summed E-state index contributed by atoms with van der Waals surface area (Å²) < 4.78 is 0. The summed E-state index contributed by atoms with van der Waals surface area (Å²) in [5.41, 5.74) is 0. The number of likely N-dealkylation sites (tertiary alicyclic amines) is 1. The van der Waals surface area contributed by atoms with Crippen LogP contribution < -0.4 is 5.32 Å². The molecule has 1 aliphatic rings. The van der Waals surface area contributed by atoms with Crippen molar-refractivity contribution in [1.82, 2.24) is 10.2 Å². The largest absolute Gasteiger partial charge is 0.316 e. The Morgan fingerprint density at radius 1 is 1.50 bits per heavy atom.